The highest BCUT2D eigenvalue weighted by Crippen LogP contribution is 2.20. The summed E-state index contributed by atoms with van der Waals surface area (Å²) in [6.45, 7) is 4.20. The highest BCUT2D eigenvalue weighted by atomic mass is 16.1. The number of carbonyl (C=O) groups excluding carboxylic acids is 1. The van der Waals surface area contributed by atoms with Gasteiger partial charge in [0.2, 0.25) is 5.95 Å². The molecule has 0 aliphatic carbocycles. The van der Waals surface area contributed by atoms with Crippen LogP contribution in [0.3, 0.4) is 0 Å². The highest BCUT2D eigenvalue weighted by molar-refractivity contribution is 6.03. The summed E-state index contributed by atoms with van der Waals surface area (Å²) in [5.74, 6) is 1.17. The Morgan fingerprint density at radius 2 is 1.88 bits per heavy atom. The van der Waals surface area contributed by atoms with Gasteiger partial charge < -0.3 is 15.1 Å². The van der Waals surface area contributed by atoms with Crippen LogP contribution < -0.4 is 15.1 Å². The molecule has 0 bridgehead atoms. The summed E-state index contributed by atoms with van der Waals surface area (Å²) in [4.78, 5) is 25.3. The molecule has 1 N–H and O–H groups in total. The fourth-order valence-corrected chi connectivity index (χ4v) is 3.02. The monoisotopic (exact) mass is 339 g/mol. The number of aromatic nitrogens is 2. The normalized spacial score (nSPS) is 17.2. The Hall–Kier alpha value is -2.63. The molecule has 6 nitrogen and oxygen atoms in total. The van der Waals surface area contributed by atoms with Crippen LogP contribution >= 0.6 is 0 Å². The van der Waals surface area contributed by atoms with E-state index in [1.54, 1.807) is 12.4 Å². The maximum absolute atomic E-state index is 12.4. The minimum absolute atomic E-state index is 0.198. The number of anilines is 3. The van der Waals surface area contributed by atoms with Crippen molar-refractivity contribution >= 4 is 23.2 Å². The van der Waals surface area contributed by atoms with Crippen LogP contribution in [0.5, 0.6) is 0 Å². The van der Waals surface area contributed by atoms with Gasteiger partial charge in [-0.2, -0.15) is 0 Å². The summed E-state index contributed by atoms with van der Waals surface area (Å²) in [5, 5.41) is 2.88. The molecule has 1 aliphatic heterocycles. The quantitative estimate of drug-likeness (QED) is 0.928. The van der Waals surface area contributed by atoms with Crippen LogP contribution in [-0.4, -0.2) is 43.1 Å². The van der Waals surface area contributed by atoms with Crippen molar-refractivity contribution in [2.45, 2.75) is 19.8 Å². The van der Waals surface area contributed by atoms with Gasteiger partial charge in [-0.25, -0.2) is 9.97 Å². The van der Waals surface area contributed by atoms with Gasteiger partial charge in [0, 0.05) is 51.0 Å². The molecule has 2 aromatic rings. The van der Waals surface area contributed by atoms with E-state index >= 15 is 0 Å². The van der Waals surface area contributed by atoms with Crippen LogP contribution in [0.2, 0.25) is 0 Å². The summed E-state index contributed by atoms with van der Waals surface area (Å²) in [6, 6.07) is 7.70. The van der Waals surface area contributed by atoms with E-state index in [0.29, 0.717) is 17.4 Å². The van der Waals surface area contributed by atoms with Crippen molar-refractivity contribution in [2.75, 3.05) is 42.3 Å². The zero-order chi connectivity index (χ0) is 17.8. The van der Waals surface area contributed by atoms with E-state index in [9.17, 15) is 4.79 Å². The highest BCUT2D eigenvalue weighted by Gasteiger charge is 2.19. The first kappa shape index (κ1) is 17.2. The number of rotatable bonds is 4. The van der Waals surface area contributed by atoms with Gasteiger partial charge in [0.05, 0.1) is 5.56 Å². The standard InChI is InChI=1S/C19H25N5O/c1-14-5-4-10-24(13-14)19-20-11-15(12-21-19)18(25)22-16-6-8-17(9-7-16)23(2)3/h6-9,11-12,14H,4-5,10,13H2,1-3H3,(H,22,25). The Morgan fingerprint density at radius 1 is 1.20 bits per heavy atom. The zero-order valence-electron chi connectivity index (χ0n) is 15.1. The maximum atomic E-state index is 12.4. The molecule has 25 heavy (non-hydrogen) atoms. The average Bonchev–Trinajstić information content (AvgIpc) is 2.62. The van der Waals surface area contributed by atoms with Crippen molar-refractivity contribution in [3.05, 3.63) is 42.2 Å². The van der Waals surface area contributed by atoms with Crippen LogP contribution in [0.25, 0.3) is 0 Å². The molecule has 1 amide bonds. The molecule has 132 valence electrons. The number of benzene rings is 1. The molecule has 1 aromatic heterocycles. The van der Waals surface area contributed by atoms with Crippen LogP contribution in [0, 0.1) is 5.92 Å². The Kier molecular flexibility index (Phi) is 5.16. The molecule has 1 fully saturated rings. The third kappa shape index (κ3) is 4.26. The number of carbonyl (C=O) groups is 1. The van der Waals surface area contributed by atoms with Gasteiger partial charge in [0.15, 0.2) is 0 Å². The second-order valence-electron chi connectivity index (χ2n) is 6.86. The Morgan fingerprint density at radius 3 is 2.48 bits per heavy atom. The summed E-state index contributed by atoms with van der Waals surface area (Å²) in [6.07, 6.45) is 5.62. The number of amides is 1. The number of hydrogen-bond acceptors (Lipinski definition) is 5. The first-order chi connectivity index (χ1) is 12.0. The van der Waals surface area contributed by atoms with E-state index in [4.69, 9.17) is 0 Å². The van der Waals surface area contributed by atoms with Crippen molar-refractivity contribution in [2.24, 2.45) is 5.92 Å². The summed E-state index contributed by atoms with van der Waals surface area (Å²) in [5.41, 5.74) is 2.30. The van der Waals surface area contributed by atoms with Gasteiger partial charge in [-0.3, -0.25) is 4.79 Å². The molecule has 1 aliphatic rings. The van der Waals surface area contributed by atoms with Gasteiger partial charge in [0.1, 0.15) is 0 Å². The molecule has 1 atom stereocenters. The minimum Gasteiger partial charge on any atom is -0.378 e. The Bertz CT molecular complexity index is 712. The molecule has 0 saturated carbocycles. The van der Waals surface area contributed by atoms with Crippen molar-refractivity contribution < 1.29 is 4.79 Å². The lowest BCUT2D eigenvalue weighted by Gasteiger charge is -2.30. The Labute approximate surface area is 148 Å². The van der Waals surface area contributed by atoms with Crippen LogP contribution in [0.15, 0.2) is 36.7 Å². The van der Waals surface area contributed by atoms with E-state index in [-0.39, 0.29) is 5.91 Å². The lowest BCUT2D eigenvalue weighted by atomic mass is 10.0. The van der Waals surface area contributed by atoms with E-state index in [0.717, 1.165) is 30.9 Å². The van der Waals surface area contributed by atoms with E-state index < -0.39 is 0 Å². The largest absolute Gasteiger partial charge is 0.378 e. The molecule has 3 rings (SSSR count). The lowest BCUT2D eigenvalue weighted by Crippen LogP contribution is -2.35. The predicted octanol–water partition coefficient (Wildman–Crippen LogP) is 3.03. The summed E-state index contributed by atoms with van der Waals surface area (Å²) < 4.78 is 0. The fourth-order valence-electron chi connectivity index (χ4n) is 3.02. The first-order valence-electron chi connectivity index (χ1n) is 8.68. The van der Waals surface area contributed by atoms with E-state index in [1.807, 2.05) is 43.3 Å². The topological polar surface area (TPSA) is 61.4 Å². The SMILES string of the molecule is CC1CCCN(c2ncc(C(=O)Nc3ccc(N(C)C)cc3)cn2)C1. The van der Waals surface area contributed by atoms with Crippen LogP contribution in [0.4, 0.5) is 17.3 Å². The van der Waals surface area contributed by atoms with Crippen LogP contribution in [0.1, 0.15) is 30.1 Å². The zero-order valence-corrected chi connectivity index (χ0v) is 15.1. The molecule has 1 saturated heterocycles. The van der Waals surface area contributed by atoms with Gasteiger partial charge in [0.25, 0.3) is 5.91 Å². The minimum atomic E-state index is -0.198. The van der Waals surface area contributed by atoms with Gasteiger partial charge in [-0.05, 0) is 43.0 Å². The molecular weight excluding hydrogens is 314 g/mol. The van der Waals surface area contributed by atoms with Crippen molar-refractivity contribution in [3.63, 3.8) is 0 Å². The van der Waals surface area contributed by atoms with Gasteiger partial charge in [-0.1, -0.05) is 6.92 Å². The van der Waals surface area contributed by atoms with Crippen molar-refractivity contribution in [1.29, 1.82) is 0 Å². The first-order valence-corrected chi connectivity index (χ1v) is 8.68. The maximum Gasteiger partial charge on any atom is 0.258 e. The molecule has 0 radical (unpaired) electrons. The molecule has 6 heteroatoms. The average molecular weight is 339 g/mol. The number of nitrogens with zero attached hydrogens (tertiary/aromatic N) is 4. The lowest BCUT2D eigenvalue weighted by molar-refractivity contribution is 0.102. The van der Waals surface area contributed by atoms with Gasteiger partial charge in [-0.15, -0.1) is 0 Å². The van der Waals surface area contributed by atoms with Crippen molar-refractivity contribution in [1.82, 2.24) is 9.97 Å². The Balaban J connectivity index is 1.64. The molecule has 0 spiro atoms. The third-order valence-electron chi connectivity index (χ3n) is 4.48. The molecule has 2 heterocycles. The fraction of sp³-hybridized carbons (Fsp3) is 0.421. The predicted molar refractivity (Wildman–Crippen MR) is 101 cm³/mol. The number of nitrogens with one attached hydrogen (secondary N) is 1. The van der Waals surface area contributed by atoms with E-state index in [2.05, 4.69) is 27.1 Å². The smallest absolute Gasteiger partial charge is 0.258 e. The third-order valence-corrected chi connectivity index (χ3v) is 4.48. The molecular formula is C19H25N5O. The number of piperidine rings is 1. The molecule has 1 aromatic carbocycles. The second-order valence-corrected chi connectivity index (χ2v) is 6.86. The second kappa shape index (κ2) is 7.51. The van der Waals surface area contributed by atoms with Gasteiger partial charge >= 0.3 is 0 Å². The molecule has 1 unspecified atom stereocenters. The van der Waals surface area contributed by atoms with E-state index in [1.165, 1.54) is 6.42 Å². The van der Waals surface area contributed by atoms with Crippen molar-refractivity contribution in [3.8, 4) is 0 Å². The number of hydrogen-bond donors (Lipinski definition) is 1. The van der Waals surface area contributed by atoms with Crippen LogP contribution in [-0.2, 0) is 0 Å². The summed E-state index contributed by atoms with van der Waals surface area (Å²) in [7, 11) is 3.96. The summed E-state index contributed by atoms with van der Waals surface area (Å²) >= 11 is 0.